The molecule has 4 heteroatoms. The summed E-state index contributed by atoms with van der Waals surface area (Å²) in [5.41, 5.74) is 1.84. The summed E-state index contributed by atoms with van der Waals surface area (Å²) in [5, 5.41) is 9.03. The number of rotatable bonds is 1. The Balaban J connectivity index is 2.14. The second kappa shape index (κ2) is 4.55. The molecule has 0 fully saturated rings. The third-order valence-electron chi connectivity index (χ3n) is 3.07. The van der Waals surface area contributed by atoms with E-state index in [0.717, 1.165) is 15.4 Å². The summed E-state index contributed by atoms with van der Waals surface area (Å²) < 4.78 is 0. The van der Waals surface area contributed by atoms with Gasteiger partial charge in [-0.2, -0.15) is 0 Å². The lowest BCUT2D eigenvalue weighted by atomic mass is 10.0. The Kier molecular flexibility index (Phi) is 2.87. The largest absolute Gasteiger partial charge is 0.478 e. The number of hydrogen-bond acceptors (Lipinski definition) is 3. The average molecular weight is 270 g/mol. The summed E-state index contributed by atoms with van der Waals surface area (Å²) in [6.45, 7) is 0. The van der Waals surface area contributed by atoms with Crippen LogP contribution in [0.5, 0.6) is 0 Å². The first kappa shape index (κ1) is 12.0. The van der Waals surface area contributed by atoms with Gasteiger partial charge in [-0.15, -0.1) is 0 Å². The first-order valence-electron chi connectivity index (χ1n) is 5.81. The minimum absolute atomic E-state index is 0.0740. The minimum Gasteiger partial charge on any atom is -0.478 e. The van der Waals surface area contributed by atoms with Crippen LogP contribution in [-0.2, 0) is 6.42 Å². The molecule has 0 spiro atoms. The molecule has 0 aromatic heterocycles. The number of Topliss-reactive ketones (excluding diaryl/α,β-unsaturated/α-hetero) is 1. The van der Waals surface area contributed by atoms with Crippen LogP contribution in [-0.4, -0.2) is 16.9 Å². The lowest BCUT2D eigenvalue weighted by molar-refractivity contribution is 0.0696. The standard InChI is InChI=1S/C15H10O3S/c16-12-7-9-5-6-10(15(17)18)8-14(9)19-13-4-2-1-3-11(12)13/h1-6,8H,7H2,(H,17,18). The van der Waals surface area contributed by atoms with E-state index in [1.807, 2.05) is 24.3 Å². The van der Waals surface area contributed by atoms with Crippen molar-refractivity contribution in [2.24, 2.45) is 0 Å². The quantitative estimate of drug-likeness (QED) is 0.864. The smallest absolute Gasteiger partial charge is 0.335 e. The molecule has 19 heavy (non-hydrogen) atoms. The summed E-state index contributed by atoms with van der Waals surface area (Å²) in [4.78, 5) is 24.9. The Morgan fingerprint density at radius 1 is 1.11 bits per heavy atom. The Labute approximate surface area is 114 Å². The molecule has 0 radical (unpaired) electrons. The number of fused-ring (bicyclic) bond motifs is 2. The molecule has 1 aliphatic heterocycles. The summed E-state index contributed by atoms with van der Waals surface area (Å²) in [6, 6.07) is 12.3. The van der Waals surface area contributed by atoms with Crippen molar-refractivity contribution < 1.29 is 14.7 Å². The summed E-state index contributed by atoms with van der Waals surface area (Å²) in [7, 11) is 0. The summed E-state index contributed by atoms with van der Waals surface area (Å²) in [5.74, 6) is -0.878. The van der Waals surface area contributed by atoms with E-state index in [9.17, 15) is 9.59 Å². The predicted molar refractivity (Wildman–Crippen MR) is 72.0 cm³/mol. The van der Waals surface area contributed by atoms with Crippen molar-refractivity contribution in [1.29, 1.82) is 0 Å². The van der Waals surface area contributed by atoms with E-state index in [1.165, 1.54) is 11.8 Å². The van der Waals surface area contributed by atoms with Gasteiger partial charge >= 0.3 is 5.97 Å². The zero-order valence-electron chi connectivity index (χ0n) is 9.92. The number of carbonyl (C=O) groups is 2. The van der Waals surface area contributed by atoms with Crippen LogP contribution < -0.4 is 0 Å². The van der Waals surface area contributed by atoms with Crippen molar-refractivity contribution in [1.82, 2.24) is 0 Å². The van der Waals surface area contributed by atoms with Crippen LogP contribution in [0.25, 0.3) is 0 Å². The average Bonchev–Trinajstić information content (AvgIpc) is 2.54. The van der Waals surface area contributed by atoms with E-state index in [1.54, 1.807) is 18.2 Å². The molecule has 0 aliphatic carbocycles. The number of carboxylic acids is 1. The fourth-order valence-corrected chi connectivity index (χ4v) is 3.23. The fourth-order valence-electron chi connectivity index (χ4n) is 2.10. The number of benzene rings is 2. The monoisotopic (exact) mass is 270 g/mol. The first-order chi connectivity index (χ1) is 9.15. The highest BCUT2D eigenvalue weighted by Crippen LogP contribution is 2.37. The van der Waals surface area contributed by atoms with E-state index >= 15 is 0 Å². The van der Waals surface area contributed by atoms with Gasteiger partial charge in [0.25, 0.3) is 0 Å². The third kappa shape index (κ3) is 2.15. The second-order valence-electron chi connectivity index (χ2n) is 4.33. The number of carboxylic acid groups (broad SMARTS) is 1. The third-order valence-corrected chi connectivity index (χ3v) is 4.25. The molecule has 0 atom stereocenters. The van der Waals surface area contributed by atoms with Crippen molar-refractivity contribution in [2.75, 3.05) is 0 Å². The summed E-state index contributed by atoms with van der Waals surface area (Å²) >= 11 is 1.45. The molecule has 0 saturated carbocycles. The van der Waals surface area contributed by atoms with Gasteiger partial charge in [0.05, 0.1) is 5.56 Å². The molecule has 0 bridgehead atoms. The SMILES string of the molecule is O=C(O)c1ccc2c(c1)Sc1ccccc1C(=O)C2. The van der Waals surface area contributed by atoms with Gasteiger partial charge < -0.3 is 5.11 Å². The first-order valence-corrected chi connectivity index (χ1v) is 6.63. The van der Waals surface area contributed by atoms with Gasteiger partial charge in [-0.05, 0) is 23.8 Å². The predicted octanol–water partition coefficient (Wildman–Crippen LogP) is 3.27. The second-order valence-corrected chi connectivity index (χ2v) is 5.41. The number of aromatic carboxylic acids is 1. The van der Waals surface area contributed by atoms with E-state index < -0.39 is 5.97 Å². The van der Waals surface area contributed by atoms with Gasteiger partial charge in [-0.25, -0.2) is 4.79 Å². The Bertz CT molecular complexity index is 692. The molecule has 0 unspecified atom stereocenters. The normalized spacial score (nSPS) is 13.4. The molecule has 94 valence electrons. The number of ketones is 1. The van der Waals surface area contributed by atoms with Crippen LogP contribution in [0.3, 0.4) is 0 Å². The van der Waals surface area contributed by atoms with Gasteiger partial charge in [-0.1, -0.05) is 36.0 Å². The molecule has 3 rings (SSSR count). The highest BCUT2D eigenvalue weighted by atomic mass is 32.2. The number of hydrogen-bond donors (Lipinski definition) is 1. The topological polar surface area (TPSA) is 54.4 Å². The minimum atomic E-state index is -0.952. The maximum absolute atomic E-state index is 12.2. The number of carbonyl (C=O) groups excluding carboxylic acids is 1. The van der Waals surface area contributed by atoms with Gasteiger partial charge in [0.1, 0.15) is 0 Å². The van der Waals surface area contributed by atoms with E-state index in [4.69, 9.17) is 5.11 Å². The van der Waals surface area contributed by atoms with Crippen molar-refractivity contribution in [3.05, 3.63) is 59.2 Å². The highest BCUT2D eigenvalue weighted by Gasteiger charge is 2.20. The zero-order chi connectivity index (χ0) is 13.4. The zero-order valence-corrected chi connectivity index (χ0v) is 10.7. The lowest BCUT2D eigenvalue weighted by Gasteiger charge is -2.05. The van der Waals surface area contributed by atoms with Gasteiger partial charge in [0.15, 0.2) is 5.78 Å². The van der Waals surface area contributed by atoms with Crippen molar-refractivity contribution in [2.45, 2.75) is 16.2 Å². The fraction of sp³-hybridized carbons (Fsp3) is 0.0667. The Morgan fingerprint density at radius 2 is 1.89 bits per heavy atom. The highest BCUT2D eigenvalue weighted by molar-refractivity contribution is 7.99. The molecule has 3 nitrogen and oxygen atoms in total. The molecule has 1 N–H and O–H groups in total. The van der Waals surface area contributed by atoms with E-state index in [0.29, 0.717) is 12.0 Å². The molecule has 2 aromatic rings. The van der Waals surface area contributed by atoms with Crippen LogP contribution in [0.4, 0.5) is 0 Å². The summed E-state index contributed by atoms with van der Waals surface area (Å²) in [6.07, 6.45) is 0.319. The lowest BCUT2D eigenvalue weighted by Crippen LogP contribution is -2.03. The molecule has 2 aromatic carbocycles. The van der Waals surface area contributed by atoms with Crippen LogP contribution in [0.15, 0.2) is 52.3 Å². The van der Waals surface area contributed by atoms with Gasteiger partial charge in [0.2, 0.25) is 0 Å². The van der Waals surface area contributed by atoms with Crippen molar-refractivity contribution >= 4 is 23.5 Å². The van der Waals surface area contributed by atoms with Crippen LogP contribution >= 0.6 is 11.8 Å². The van der Waals surface area contributed by atoms with Crippen molar-refractivity contribution in [3.63, 3.8) is 0 Å². The Hall–Kier alpha value is -2.07. The molecular formula is C15H10O3S. The molecule has 0 amide bonds. The van der Waals surface area contributed by atoms with E-state index in [2.05, 4.69) is 0 Å². The van der Waals surface area contributed by atoms with Crippen molar-refractivity contribution in [3.8, 4) is 0 Å². The van der Waals surface area contributed by atoms with Crippen LogP contribution in [0, 0.1) is 0 Å². The maximum atomic E-state index is 12.2. The van der Waals surface area contributed by atoms with Gasteiger partial charge in [0, 0.05) is 21.8 Å². The van der Waals surface area contributed by atoms with Crippen LogP contribution in [0.1, 0.15) is 26.3 Å². The molecule has 0 saturated heterocycles. The van der Waals surface area contributed by atoms with E-state index in [-0.39, 0.29) is 11.3 Å². The molecule has 1 heterocycles. The molecule has 1 aliphatic rings. The Morgan fingerprint density at radius 3 is 2.68 bits per heavy atom. The van der Waals surface area contributed by atoms with Gasteiger partial charge in [-0.3, -0.25) is 4.79 Å². The molecular weight excluding hydrogens is 260 g/mol. The van der Waals surface area contributed by atoms with Crippen LogP contribution in [0.2, 0.25) is 0 Å². The maximum Gasteiger partial charge on any atom is 0.335 e.